The number of rotatable bonds is 9. The third kappa shape index (κ3) is 5.18. The van der Waals surface area contributed by atoms with Crippen molar-refractivity contribution in [2.75, 3.05) is 30.8 Å². The number of esters is 1. The summed E-state index contributed by atoms with van der Waals surface area (Å²) >= 11 is 0. The molecule has 1 aromatic heterocycles. The molecule has 0 spiro atoms. The molecular weight excluding hydrogens is 412 g/mol. The van der Waals surface area contributed by atoms with Crippen molar-refractivity contribution in [2.24, 2.45) is 5.41 Å². The van der Waals surface area contributed by atoms with Gasteiger partial charge in [0.25, 0.3) is 16.8 Å². The van der Waals surface area contributed by atoms with Gasteiger partial charge in [0.15, 0.2) is 0 Å². The van der Waals surface area contributed by atoms with Crippen molar-refractivity contribution in [1.29, 1.82) is 0 Å². The van der Waals surface area contributed by atoms with Gasteiger partial charge in [-0.1, -0.05) is 19.9 Å². The van der Waals surface area contributed by atoms with Gasteiger partial charge in [0.05, 0.1) is 24.6 Å². The van der Waals surface area contributed by atoms with Gasteiger partial charge < -0.3 is 20.7 Å². The first kappa shape index (κ1) is 22.7. The minimum atomic E-state index is -0.590. The number of carbonyl (C=O) groups excluding carboxylic acids is 2. The molecule has 166 valence electrons. The number of aromatic nitrogens is 1. The van der Waals surface area contributed by atoms with Crippen LogP contribution < -0.4 is 26.8 Å². The summed E-state index contributed by atoms with van der Waals surface area (Å²) in [5.41, 5.74) is 0.0107. The Labute approximate surface area is 184 Å². The quantitative estimate of drug-likeness (QED) is 0.344. The van der Waals surface area contributed by atoms with E-state index in [0.29, 0.717) is 24.3 Å². The molecule has 0 saturated heterocycles. The van der Waals surface area contributed by atoms with Crippen molar-refractivity contribution < 1.29 is 14.3 Å². The van der Waals surface area contributed by atoms with Crippen molar-refractivity contribution in [3.05, 3.63) is 80.4 Å². The average Bonchev–Trinajstić information content (AvgIpc) is 2.81. The van der Waals surface area contributed by atoms with Crippen molar-refractivity contribution in [2.45, 2.75) is 13.8 Å². The molecule has 1 heterocycles. The monoisotopic (exact) mass is 436 g/mol. The number of pyridine rings is 1. The zero-order valence-electron chi connectivity index (χ0n) is 18.0. The minimum absolute atomic E-state index is 0.197. The summed E-state index contributed by atoms with van der Waals surface area (Å²) in [7, 11) is 1.28. The topological polar surface area (TPSA) is 126 Å². The number of ether oxygens (including phenoxy) is 1. The molecule has 1 amide bonds. The zero-order valence-corrected chi connectivity index (χ0v) is 18.0. The highest BCUT2D eigenvalue weighted by molar-refractivity contribution is 5.97. The van der Waals surface area contributed by atoms with Crippen LogP contribution in [0, 0.1) is 5.41 Å². The Hall–Kier alpha value is -4.01. The van der Waals surface area contributed by atoms with Gasteiger partial charge in [-0.05, 0) is 35.7 Å². The minimum Gasteiger partial charge on any atom is -0.465 e. The summed E-state index contributed by atoms with van der Waals surface area (Å²) in [5, 5.41) is 8.76. The number of anilines is 3. The zero-order chi connectivity index (χ0) is 23.3. The Balaban J connectivity index is 1.59. The molecular formula is C23H24N4O5. The lowest BCUT2D eigenvalue weighted by atomic mass is 9.92. The van der Waals surface area contributed by atoms with Gasteiger partial charge in [0.1, 0.15) is 11.4 Å². The number of nitrogens with zero attached hydrogens (tertiary/aromatic N) is 1. The molecule has 0 atom stereocenters. The predicted octanol–water partition coefficient (Wildman–Crippen LogP) is 2.08. The van der Waals surface area contributed by atoms with Gasteiger partial charge in [0, 0.05) is 24.8 Å². The largest absolute Gasteiger partial charge is 0.465 e. The smallest absolute Gasteiger partial charge is 0.337 e. The Bertz CT molecular complexity index is 1200. The SMILES string of the molecule is COC(=O)c1cccc(C(=O)NCC(C)(C)CNc2c(Nc3cccnc3)c(=O)c2=O)c1. The van der Waals surface area contributed by atoms with E-state index in [-0.39, 0.29) is 22.8 Å². The maximum atomic E-state index is 12.5. The molecule has 9 heteroatoms. The molecule has 0 bridgehead atoms. The Kier molecular flexibility index (Phi) is 6.67. The summed E-state index contributed by atoms with van der Waals surface area (Å²) in [6.07, 6.45) is 3.16. The average molecular weight is 436 g/mol. The normalized spacial score (nSPS) is 11.1. The van der Waals surface area contributed by atoms with Crippen LogP contribution >= 0.6 is 0 Å². The Morgan fingerprint density at radius 1 is 1.00 bits per heavy atom. The molecule has 0 aliphatic carbocycles. The number of methoxy groups -OCH3 is 1. The third-order valence-electron chi connectivity index (χ3n) is 4.86. The van der Waals surface area contributed by atoms with E-state index in [1.54, 1.807) is 42.7 Å². The molecule has 0 unspecified atom stereocenters. The van der Waals surface area contributed by atoms with E-state index in [9.17, 15) is 19.2 Å². The fourth-order valence-corrected chi connectivity index (χ4v) is 2.98. The first-order valence-electron chi connectivity index (χ1n) is 9.92. The number of amides is 1. The second-order valence-corrected chi connectivity index (χ2v) is 8.05. The van der Waals surface area contributed by atoms with E-state index in [0.717, 1.165) is 0 Å². The highest BCUT2D eigenvalue weighted by Crippen LogP contribution is 2.22. The molecule has 32 heavy (non-hydrogen) atoms. The lowest BCUT2D eigenvalue weighted by Crippen LogP contribution is -2.42. The number of hydrogen-bond donors (Lipinski definition) is 3. The van der Waals surface area contributed by atoms with E-state index < -0.39 is 22.2 Å². The molecule has 3 N–H and O–H groups in total. The highest BCUT2D eigenvalue weighted by atomic mass is 16.5. The van der Waals surface area contributed by atoms with Crippen LogP contribution in [-0.4, -0.2) is 37.1 Å². The number of carbonyl (C=O) groups is 2. The first-order valence-corrected chi connectivity index (χ1v) is 9.92. The molecule has 0 aliphatic rings. The summed E-state index contributed by atoms with van der Waals surface area (Å²) in [6.45, 7) is 4.44. The lowest BCUT2D eigenvalue weighted by Gasteiger charge is -2.27. The standard InChI is InChI=1S/C23H24N4O5/c1-23(2,13-26-21(30)14-6-4-7-15(10-14)22(31)32-3)12-25-17-18(20(29)19(17)28)27-16-8-5-9-24-11-16/h4-11,25,27H,12-13H2,1-3H3,(H,26,30). The fourth-order valence-electron chi connectivity index (χ4n) is 2.98. The van der Waals surface area contributed by atoms with Gasteiger partial charge in [-0.15, -0.1) is 0 Å². The van der Waals surface area contributed by atoms with Crippen LogP contribution in [0.3, 0.4) is 0 Å². The Morgan fingerprint density at radius 3 is 2.41 bits per heavy atom. The molecule has 0 aliphatic heterocycles. The highest BCUT2D eigenvalue weighted by Gasteiger charge is 2.25. The second kappa shape index (κ2) is 9.42. The molecule has 3 rings (SSSR count). The van der Waals surface area contributed by atoms with Crippen molar-refractivity contribution >= 4 is 28.9 Å². The van der Waals surface area contributed by atoms with E-state index >= 15 is 0 Å². The van der Waals surface area contributed by atoms with Crippen molar-refractivity contribution in [1.82, 2.24) is 10.3 Å². The third-order valence-corrected chi connectivity index (χ3v) is 4.86. The van der Waals surface area contributed by atoms with Gasteiger partial charge in [-0.25, -0.2) is 4.79 Å². The van der Waals surface area contributed by atoms with Crippen molar-refractivity contribution in [3.63, 3.8) is 0 Å². The van der Waals surface area contributed by atoms with Crippen LogP contribution in [0.1, 0.15) is 34.6 Å². The lowest BCUT2D eigenvalue weighted by molar-refractivity contribution is 0.0600. The van der Waals surface area contributed by atoms with E-state index in [1.807, 2.05) is 13.8 Å². The molecule has 0 saturated carbocycles. The van der Waals surface area contributed by atoms with Gasteiger partial charge in [-0.2, -0.15) is 0 Å². The Morgan fingerprint density at radius 2 is 1.72 bits per heavy atom. The second-order valence-electron chi connectivity index (χ2n) is 8.05. The van der Waals surface area contributed by atoms with Gasteiger partial charge in [-0.3, -0.25) is 19.4 Å². The molecule has 0 fully saturated rings. The number of nitrogens with one attached hydrogen (secondary N) is 3. The first-order chi connectivity index (χ1) is 15.2. The summed E-state index contributed by atoms with van der Waals surface area (Å²) in [4.78, 5) is 52.1. The summed E-state index contributed by atoms with van der Waals surface area (Å²) in [5.74, 6) is -0.857. The van der Waals surface area contributed by atoms with E-state index in [1.165, 1.54) is 13.2 Å². The maximum Gasteiger partial charge on any atom is 0.337 e. The van der Waals surface area contributed by atoms with Gasteiger partial charge in [0.2, 0.25) is 0 Å². The number of benzene rings is 1. The molecule has 9 nitrogen and oxygen atoms in total. The molecule has 0 radical (unpaired) electrons. The van der Waals surface area contributed by atoms with Gasteiger partial charge >= 0.3 is 5.97 Å². The van der Waals surface area contributed by atoms with Crippen LogP contribution in [0.4, 0.5) is 17.1 Å². The summed E-state index contributed by atoms with van der Waals surface area (Å²) in [6, 6.07) is 9.70. The van der Waals surface area contributed by atoms with Crippen LogP contribution in [-0.2, 0) is 4.74 Å². The maximum absolute atomic E-state index is 12.5. The van der Waals surface area contributed by atoms with Crippen molar-refractivity contribution in [3.8, 4) is 0 Å². The molecule has 2 aromatic carbocycles. The van der Waals surface area contributed by atoms with E-state index in [4.69, 9.17) is 0 Å². The van der Waals surface area contributed by atoms with Crippen LogP contribution in [0.25, 0.3) is 0 Å². The van der Waals surface area contributed by atoms with E-state index in [2.05, 4.69) is 25.7 Å². The van der Waals surface area contributed by atoms with Crippen LogP contribution in [0.2, 0.25) is 0 Å². The molecule has 3 aromatic rings. The summed E-state index contributed by atoms with van der Waals surface area (Å²) < 4.78 is 4.67. The van der Waals surface area contributed by atoms with Crippen LogP contribution in [0.5, 0.6) is 0 Å². The fraction of sp³-hybridized carbons (Fsp3) is 0.261. The van der Waals surface area contributed by atoms with Crippen LogP contribution in [0.15, 0.2) is 58.4 Å². The predicted molar refractivity (Wildman–Crippen MR) is 121 cm³/mol. The number of hydrogen-bond acceptors (Lipinski definition) is 8.